The molecule has 0 radical (unpaired) electrons. The SMILES string of the molecule is COc1cc(Nc2nc(N3CC[C@@H](N(C(=O)O)C(C)(C)C)C3)c(F)cc2C(N)=O)cc(OC)c1. The molecule has 1 saturated heterocycles. The lowest BCUT2D eigenvalue weighted by molar-refractivity contribution is 0.0762. The maximum atomic E-state index is 15.0. The molecule has 2 heterocycles. The van der Waals surface area contributed by atoms with Crippen LogP contribution in [0.15, 0.2) is 24.3 Å². The summed E-state index contributed by atoms with van der Waals surface area (Å²) in [7, 11) is 3.01. The number of nitrogens with zero attached hydrogens (tertiary/aromatic N) is 3. The van der Waals surface area contributed by atoms with Gasteiger partial charge in [0.1, 0.15) is 17.3 Å². The third-order valence-electron chi connectivity index (χ3n) is 5.59. The van der Waals surface area contributed by atoms with Gasteiger partial charge in [-0.15, -0.1) is 0 Å². The molecule has 2 amide bonds. The van der Waals surface area contributed by atoms with E-state index in [0.29, 0.717) is 30.2 Å². The van der Waals surface area contributed by atoms with E-state index in [4.69, 9.17) is 15.2 Å². The molecule has 184 valence electrons. The van der Waals surface area contributed by atoms with Crippen LogP contribution in [0.1, 0.15) is 37.6 Å². The zero-order chi connectivity index (χ0) is 25.2. The molecule has 0 aliphatic carbocycles. The van der Waals surface area contributed by atoms with Crippen molar-refractivity contribution in [3.8, 4) is 11.5 Å². The molecular formula is C23H30FN5O5. The molecule has 0 saturated carbocycles. The highest BCUT2D eigenvalue weighted by Crippen LogP contribution is 2.33. The van der Waals surface area contributed by atoms with Gasteiger partial charge in [-0.1, -0.05) is 0 Å². The number of hydrogen-bond donors (Lipinski definition) is 3. The number of primary amides is 1. The first-order valence-electron chi connectivity index (χ1n) is 10.7. The Hall–Kier alpha value is -3.76. The molecule has 0 bridgehead atoms. The number of rotatable bonds is 7. The van der Waals surface area contributed by atoms with Gasteiger partial charge in [-0.3, -0.25) is 9.69 Å². The fraction of sp³-hybridized carbons (Fsp3) is 0.435. The first-order chi connectivity index (χ1) is 15.9. The highest BCUT2D eigenvalue weighted by Gasteiger charge is 2.38. The normalized spacial score (nSPS) is 15.7. The fourth-order valence-corrected chi connectivity index (χ4v) is 4.14. The van der Waals surface area contributed by atoms with Crippen LogP contribution < -0.4 is 25.4 Å². The summed E-state index contributed by atoms with van der Waals surface area (Å²) >= 11 is 0. The largest absolute Gasteiger partial charge is 0.497 e. The van der Waals surface area contributed by atoms with Gasteiger partial charge >= 0.3 is 6.09 Å². The Balaban J connectivity index is 1.96. The summed E-state index contributed by atoms with van der Waals surface area (Å²) in [6.07, 6.45) is -0.524. The van der Waals surface area contributed by atoms with Crippen LogP contribution in [0, 0.1) is 5.82 Å². The number of carbonyl (C=O) groups excluding carboxylic acids is 1. The number of aromatic nitrogens is 1. The van der Waals surface area contributed by atoms with Crippen LogP contribution in [-0.2, 0) is 0 Å². The van der Waals surface area contributed by atoms with E-state index in [1.807, 2.05) is 20.8 Å². The van der Waals surface area contributed by atoms with Crippen molar-refractivity contribution in [2.75, 3.05) is 37.5 Å². The van der Waals surface area contributed by atoms with E-state index in [2.05, 4.69) is 10.3 Å². The van der Waals surface area contributed by atoms with Gasteiger partial charge in [0, 0.05) is 42.5 Å². The summed E-state index contributed by atoms with van der Waals surface area (Å²) in [6.45, 7) is 6.10. The van der Waals surface area contributed by atoms with Crippen LogP contribution in [-0.4, -0.2) is 65.9 Å². The standard InChI is InChI=1S/C23H30FN5O5/c1-23(2,3)29(22(31)32)14-6-7-28(12-14)21-18(24)11-17(19(25)30)20(27-21)26-13-8-15(33-4)10-16(9-13)34-5/h8-11,14H,6-7,12H2,1-5H3,(H2,25,30)(H,26,27)(H,31,32)/t14-/m1/s1. The van der Waals surface area contributed by atoms with Gasteiger partial charge in [-0.25, -0.2) is 14.2 Å². The molecule has 4 N–H and O–H groups in total. The lowest BCUT2D eigenvalue weighted by atomic mass is 10.0. The molecule has 1 atom stereocenters. The van der Waals surface area contributed by atoms with E-state index < -0.39 is 23.4 Å². The van der Waals surface area contributed by atoms with Crippen LogP contribution in [0.5, 0.6) is 11.5 Å². The van der Waals surface area contributed by atoms with Gasteiger partial charge in [-0.05, 0) is 33.3 Å². The van der Waals surface area contributed by atoms with Crippen molar-refractivity contribution in [3.63, 3.8) is 0 Å². The molecule has 11 heteroatoms. The highest BCUT2D eigenvalue weighted by atomic mass is 19.1. The fourth-order valence-electron chi connectivity index (χ4n) is 4.14. The first kappa shape index (κ1) is 24.9. The van der Waals surface area contributed by atoms with Gasteiger partial charge in [0.2, 0.25) is 0 Å². The molecule has 2 aromatic rings. The van der Waals surface area contributed by atoms with Gasteiger partial charge in [-0.2, -0.15) is 0 Å². The number of ether oxygens (including phenoxy) is 2. The van der Waals surface area contributed by atoms with Crippen molar-refractivity contribution in [2.24, 2.45) is 5.73 Å². The molecule has 34 heavy (non-hydrogen) atoms. The maximum Gasteiger partial charge on any atom is 0.408 e. The number of anilines is 3. The Morgan fingerprint density at radius 2 is 1.82 bits per heavy atom. The molecule has 0 unspecified atom stereocenters. The van der Waals surface area contributed by atoms with E-state index in [-0.39, 0.29) is 29.8 Å². The molecule has 0 spiro atoms. The Bertz CT molecular complexity index is 1070. The van der Waals surface area contributed by atoms with Crippen LogP contribution in [0.2, 0.25) is 0 Å². The number of benzene rings is 1. The molecule has 1 aromatic heterocycles. The van der Waals surface area contributed by atoms with Crippen molar-refractivity contribution >= 4 is 29.3 Å². The minimum absolute atomic E-state index is 0.00380. The Morgan fingerprint density at radius 1 is 1.21 bits per heavy atom. The van der Waals surface area contributed by atoms with E-state index in [0.717, 1.165) is 6.07 Å². The van der Waals surface area contributed by atoms with Gasteiger partial charge in [0.25, 0.3) is 5.91 Å². The number of hydrogen-bond acceptors (Lipinski definition) is 7. The van der Waals surface area contributed by atoms with Crippen LogP contribution in [0.25, 0.3) is 0 Å². The Morgan fingerprint density at radius 3 is 2.32 bits per heavy atom. The van der Waals surface area contributed by atoms with Gasteiger partial charge < -0.3 is 30.5 Å². The summed E-state index contributed by atoms with van der Waals surface area (Å²) in [5.74, 6) is -0.496. The number of amides is 2. The van der Waals surface area contributed by atoms with Crippen molar-refractivity contribution < 1.29 is 28.6 Å². The number of carbonyl (C=O) groups is 2. The van der Waals surface area contributed by atoms with Gasteiger partial charge in [0.05, 0.1) is 25.8 Å². The van der Waals surface area contributed by atoms with E-state index >= 15 is 4.39 Å². The van der Waals surface area contributed by atoms with Crippen molar-refractivity contribution in [3.05, 3.63) is 35.6 Å². The first-order valence-corrected chi connectivity index (χ1v) is 10.7. The number of methoxy groups -OCH3 is 2. The smallest absolute Gasteiger partial charge is 0.408 e. The van der Waals surface area contributed by atoms with E-state index in [9.17, 15) is 14.7 Å². The lowest BCUT2D eigenvalue weighted by Gasteiger charge is -2.38. The van der Waals surface area contributed by atoms with Crippen molar-refractivity contribution in [1.29, 1.82) is 0 Å². The average molecular weight is 476 g/mol. The molecule has 10 nitrogen and oxygen atoms in total. The summed E-state index contributed by atoms with van der Waals surface area (Å²) in [5.41, 5.74) is 5.23. The van der Waals surface area contributed by atoms with E-state index in [1.165, 1.54) is 19.1 Å². The van der Waals surface area contributed by atoms with Crippen molar-refractivity contribution in [2.45, 2.75) is 38.8 Å². The zero-order valence-electron chi connectivity index (χ0n) is 19.9. The van der Waals surface area contributed by atoms with Crippen LogP contribution >= 0.6 is 0 Å². The second kappa shape index (κ2) is 9.62. The summed E-state index contributed by atoms with van der Waals surface area (Å²) in [5, 5.41) is 12.7. The van der Waals surface area contributed by atoms with E-state index in [1.54, 1.807) is 23.1 Å². The number of pyridine rings is 1. The topological polar surface area (TPSA) is 130 Å². The van der Waals surface area contributed by atoms with Crippen molar-refractivity contribution in [1.82, 2.24) is 9.88 Å². The Kier molecular flexibility index (Phi) is 7.04. The van der Waals surface area contributed by atoms with Gasteiger partial charge in [0.15, 0.2) is 11.6 Å². The minimum Gasteiger partial charge on any atom is -0.497 e. The molecular weight excluding hydrogens is 445 g/mol. The predicted octanol–water partition coefficient (Wildman–Crippen LogP) is 3.44. The molecule has 1 fully saturated rings. The zero-order valence-corrected chi connectivity index (χ0v) is 19.9. The number of halogens is 1. The summed E-state index contributed by atoms with van der Waals surface area (Å²) in [6, 6.07) is 5.71. The second-order valence-electron chi connectivity index (χ2n) is 8.99. The number of nitrogens with two attached hydrogens (primary N) is 1. The van der Waals surface area contributed by atoms with Crippen LogP contribution in [0.3, 0.4) is 0 Å². The quantitative estimate of drug-likeness (QED) is 0.555. The molecule has 3 rings (SSSR count). The number of carboxylic acid groups (broad SMARTS) is 1. The maximum absolute atomic E-state index is 15.0. The summed E-state index contributed by atoms with van der Waals surface area (Å²) in [4.78, 5) is 31.3. The monoisotopic (exact) mass is 475 g/mol. The minimum atomic E-state index is -1.04. The highest BCUT2D eigenvalue weighted by molar-refractivity contribution is 5.98. The molecule has 1 aromatic carbocycles. The Labute approximate surface area is 197 Å². The third-order valence-corrected chi connectivity index (χ3v) is 5.59. The molecule has 1 aliphatic heterocycles. The third kappa shape index (κ3) is 5.24. The van der Waals surface area contributed by atoms with Crippen LogP contribution in [0.4, 0.5) is 26.5 Å². The second-order valence-corrected chi connectivity index (χ2v) is 8.99. The molecule has 1 aliphatic rings. The lowest BCUT2D eigenvalue weighted by Crippen LogP contribution is -2.52. The predicted molar refractivity (Wildman–Crippen MR) is 126 cm³/mol. The number of nitrogens with one attached hydrogen (secondary N) is 1. The summed E-state index contributed by atoms with van der Waals surface area (Å²) < 4.78 is 25.6. The average Bonchev–Trinajstić information content (AvgIpc) is 3.21.